The normalized spacial score (nSPS) is 10.9. The minimum atomic E-state index is 0.341. The predicted octanol–water partition coefficient (Wildman–Crippen LogP) is 2.97. The second-order valence-electron chi connectivity index (χ2n) is 4.46. The molecule has 3 aromatic rings. The molecule has 0 aliphatic rings. The van der Waals surface area contributed by atoms with Crippen LogP contribution in [0.2, 0.25) is 5.02 Å². The summed E-state index contributed by atoms with van der Waals surface area (Å²) in [6.45, 7) is 1.99. The molecule has 20 heavy (non-hydrogen) atoms. The lowest BCUT2D eigenvalue weighted by Crippen LogP contribution is -2.03. The Bertz CT molecular complexity index is 797. The van der Waals surface area contributed by atoms with Gasteiger partial charge in [0.25, 0.3) is 0 Å². The molecule has 102 valence electrons. The molecule has 0 atom stereocenters. The van der Waals surface area contributed by atoms with Gasteiger partial charge in [-0.1, -0.05) is 17.7 Å². The lowest BCUT2D eigenvalue weighted by molar-refractivity contribution is 0.399. The highest BCUT2D eigenvalue weighted by Crippen LogP contribution is 2.28. The number of nitrogens with two attached hydrogens (primary N) is 1. The summed E-state index contributed by atoms with van der Waals surface area (Å²) >= 11 is 6.27. The Labute approximate surface area is 121 Å². The van der Waals surface area contributed by atoms with Gasteiger partial charge < -0.3 is 10.5 Å². The topological polar surface area (TPSA) is 66.0 Å². The molecular weight excluding hydrogens is 276 g/mol. The van der Waals surface area contributed by atoms with Crippen LogP contribution in [0.1, 0.15) is 5.56 Å². The molecule has 0 saturated carbocycles. The molecule has 2 aromatic heterocycles. The van der Waals surface area contributed by atoms with Crippen molar-refractivity contribution >= 4 is 28.7 Å². The van der Waals surface area contributed by atoms with Crippen molar-refractivity contribution in [2.75, 3.05) is 12.8 Å². The van der Waals surface area contributed by atoms with E-state index in [4.69, 9.17) is 22.1 Å². The zero-order valence-corrected chi connectivity index (χ0v) is 11.8. The first-order valence-corrected chi connectivity index (χ1v) is 6.43. The molecule has 0 saturated heterocycles. The van der Waals surface area contributed by atoms with E-state index in [0.29, 0.717) is 28.0 Å². The van der Waals surface area contributed by atoms with E-state index in [1.807, 2.05) is 31.2 Å². The molecule has 1 aromatic carbocycles. The number of aryl methyl sites for hydroxylation is 1. The van der Waals surface area contributed by atoms with Crippen molar-refractivity contribution in [3.63, 3.8) is 0 Å². The molecule has 2 N–H and O–H groups in total. The van der Waals surface area contributed by atoms with Gasteiger partial charge in [0.05, 0.1) is 17.8 Å². The van der Waals surface area contributed by atoms with Gasteiger partial charge in [0.15, 0.2) is 5.65 Å². The number of benzene rings is 1. The van der Waals surface area contributed by atoms with Crippen LogP contribution >= 0.6 is 11.6 Å². The summed E-state index contributed by atoms with van der Waals surface area (Å²) in [5, 5.41) is 0.589. The molecule has 0 spiro atoms. The van der Waals surface area contributed by atoms with Gasteiger partial charge in [0.1, 0.15) is 5.52 Å². The third-order valence-electron chi connectivity index (χ3n) is 3.06. The lowest BCUT2D eigenvalue weighted by Gasteiger charge is -2.09. The maximum Gasteiger partial charge on any atom is 0.215 e. The first-order valence-electron chi connectivity index (χ1n) is 6.05. The van der Waals surface area contributed by atoms with Gasteiger partial charge in [0.2, 0.25) is 11.8 Å². The summed E-state index contributed by atoms with van der Waals surface area (Å²) in [5.74, 6) is 0.843. The van der Waals surface area contributed by atoms with E-state index in [0.717, 1.165) is 11.3 Å². The van der Waals surface area contributed by atoms with Gasteiger partial charge >= 0.3 is 0 Å². The first kappa shape index (κ1) is 12.7. The predicted molar refractivity (Wildman–Crippen MR) is 79.6 cm³/mol. The molecule has 0 radical (unpaired) electrons. The number of hydrogen-bond donors (Lipinski definition) is 1. The number of rotatable bonds is 2. The smallest absolute Gasteiger partial charge is 0.215 e. The van der Waals surface area contributed by atoms with Crippen LogP contribution in [0.25, 0.3) is 16.9 Å². The van der Waals surface area contributed by atoms with Crippen molar-refractivity contribution in [1.29, 1.82) is 0 Å². The average molecular weight is 289 g/mol. The third-order valence-corrected chi connectivity index (χ3v) is 3.38. The Balaban J connectivity index is 2.34. The number of imidazole rings is 1. The number of ether oxygens (including phenoxy) is 1. The summed E-state index contributed by atoms with van der Waals surface area (Å²) < 4.78 is 6.88. The fourth-order valence-electron chi connectivity index (χ4n) is 2.10. The minimum Gasteiger partial charge on any atom is -0.481 e. The quantitative estimate of drug-likeness (QED) is 0.787. The number of fused-ring (bicyclic) bond motifs is 1. The molecule has 0 fully saturated rings. The minimum absolute atomic E-state index is 0.341. The molecule has 0 amide bonds. The molecule has 6 heteroatoms. The van der Waals surface area contributed by atoms with Crippen molar-refractivity contribution in [3.8, 4) is 11.6 Å². The first-order chi connectivity index (χ1) is 9.60. The second kappa shape index (κ2) is 4.68. The fourth-order valence-corrected chi connectivity index (χ4v) is 2.30. The highest BCUT2D eigenvalue weighted by atomic mass is 35.5. The van der Waals surface area contributed by atoms with E-state index in [2.05, 4.69) is 9.97 Å². The van der Waals surface area contributed by atoms with Crippen LogP contribution in [0.4, 0.5) is 5.95 Å². The SMILES string of the molecule is COc1ccc2nc(N)n(-c3cc(C)ccc3Cl)c2n1. The number of hydrogen-bond acceptors (Lipinski definition) is 4. The van der Waals surface area contributed by atoms with Crippen molar-refractivity contribution in [2.24, 2.45) is 0 Å². The maximum atomic E-state index is 6.27. The summed E-state index contributed by atoms with van der Waals surface area (Å²) in [7, 11) is 1.57. The van der Waals surface area contributed by atoms with Crippen LogP contribution in [-0.4, -0.2) is 21.6 Å². The second-order valence-corrected chi connectivity index (χ2v) is 4.86. The monoisotopic (exact) mass is 288 g/mol. The Morgan fingerprint density at radius 1 is 1.20 bits per heavy atom. The highest BCUT2D eigenvalue weighted by molar-refractivity contribution is 6.32. The van der Waals surface area contributed by atoms with E-state index >= 15 is 0 Å². The van der Waals surface area contributed by atoms with E-state index in [9.17, 15) is 0 Å². The van der Waals surface area contributed by atoms with Gasteiger partial charge in [-0.25, -0.2) is 4.98 Å². The standard InChI is InChI=1S/C14H13ClN4O/c1-8-3-4-9(15)11(7-8)19-13-10(17-14(19)16)5-6-12(18-13)20-2/h3-7H,1-2H3,(H2,16,17). The van der Waals surface area contributed by atoms with Crippen molar-refractivity contribution < 1.29 is 4.74 Å². The summed E-state index contributed by atoms with van der Waals surface area (Å²) in [6.07, 6.45) is 0. The summed E-state index contributed by atoms with van der Waals surface area (Å²) in [6, 6.07) is 9.28. The lowest BCUT2D eigenvalue weighted by atomic mass is 10.2. The summed E-state index contributed by atoms with van der Waals surface area (Å²) in [5.41, 5.74) is 9.16. The van der Waals surface area contributed by atoms with Crippen LogP contribution in [0.15, 0.2) is 30.3 Å². The van der Waals surface area contributed by atoms with E-state index < -0.39 is 0 Å². The molecule has 0 bridgehead atoms. The highest BCUT2D eigenvalue weighted by Gasteiger charge is 2.14. The number of aromatic nitrogens is 3. The Kier molecular flexibility index (Phi) is 2.99. The summed E-state index contributed by atoms with van der Waals surface area (Å²) in [4.78, 5) is 8.70. The van der Waals surface area contributed by atoms with E-state index in [-0.39, 0.29) is 0 Å². The molecular formula is C14H13ClN4O. The number of halogens is 1. The number of pyridine rings is 1. The average Bonchev–Trinajstić information content (AvgIpc) is 2.76. The van der Waals surface area contributed by atoms with Crippen molar-refractivity contribution in [1.82, 2.24) is 14.5 Å². The maximum absolute atomic E-state index is 6.27. The van der Waals surface area contributed by atoms with Crippen LogP contribution in [0.3, 0.4) is 0 Å². The number of methoxy groups -OCH3 is 1. The number of anilines is 1. The zero-order chi connectivity index (χ0) is 14.3. The van der Waals surface area contributed by atoms with E-state index in [1.54, 1.807) is 17.7 Å². The molecule has 2 heterocycles. The van der Waals surface area contributed by atoms with E-state index in [1.165, 1.54) is 0 Å². The molecule has 5 nitrogen and oxygen atoms in total. The Morgan fingerprint density at radius 2 is 2.00 bits per heavy atom. The molecule has 3 rings (SSSR count). The molecule has 0 unspecified atom stereocenters. The van der Waals surface area contributed by atoms with Crippen LogP contribution in [-0.2, 0) is 0 Å². The number of nitrogen functional groups attached to an aromatic ring is 1. The molecule has 0 aliphatic carbocycles. The fraction of sp³-hybridized carbons (Fsp3) is 0.143. The van der Waals surface area contributed by atoms with Gasteiger partial charge in [0, 0.05) is 6.07 Å². The number of nitrogens with zero attached hydrogens (tertiary/aromatic N) is 3. The Hall–Kier alpha value is -2.27. The van der Waals surface area contributed by atoms with Gasteiger partial charge in [-0.15, -0.1) is 0 Å². The van der Waals surface area contributed by atoms with Crippen LogP contribution < -0.4 is 10.5 Å². The van der Waals surface area contributed by atoms with Gasteiger partial charge in [-0.05, 0) is 30.7 Å². The van der Waals surface area contributed by atoms with Crippen LogP contribution in [0.5, 0.6) is 5.88 Å². The molecule has 0 aliphatic heterocycles. The van der Waals surface area contributed by atoms with Crippen LogP contribution in [0, 0.1) is 6.92 Å². The Morgan fingerprint density at radius 3 is 2.75 bits per heavy atom. The van der Waals surface area contributed by atoms with Crippen molar-refractivity contribution in [2.45, 2.75) is 6.92 Å². The third kappa shape index (κ3) is 1.96. The largest absolute Gasteiger partial charge is 0.481 e. The van der Waals surface area contributed by atoms with Gasteiger partial charge in [-0.3, -0.25) is 4.57 Å². The zero-order valence-electron chi connectivity index (χ0n) is 11.1. The van der Waals surface area contributed by atoms with Crippen molar-refractivity contribution in [3.05, 3.63) is 40.9 Å². The van der Waals surface area contributed by atoms with Gasteiger partial charge in [-0.2, -0.15) is 4.98 Å².